The van der Waals surface area contributed by atoms with E-state index < -0.39 is 4.92 Å². The Morgan fingerprint density at radius 2 is 2.24 bits per heavy atom. The minimum absolute atomic E-state index is 0.127. The summed E-state index contributed by atoms with van der Waals surface area (Å²) in [6.45, 7) is 4.08. The van der Waals surface area contributed by atoms with Gasteiger partial charge in [-0.15, -0.1) is 0 Å². The van der Waals surface area contributed by atoms with Crippen molar-refractivity contribution in [1.82, 2.24) is 14.9 Å². The van der Waals surface area contributed by atoms with Crippen LogP contribution in [-0.4, -0.2) is 45.9 Å². The molecule has 3 rings (SSSR count). The molecule has 0 saturated carbocycles. The van der Waals surface area contributed by atoms with Crippen molar-refractivity contribution in [1.29, 1.82) is 0 Å². The monoisotopic (exact) mass is 296 g/mol. The first-order valence-corrected chi connectivity index (χ1v) is 7.20. The molecule has 1 aromatic heterocycles. The molecule has 8 heteroatoms. The lowest BCUT2D eigenvalue weighted by molar-refractivity contribution is -0.390. The van der Waals surface area contributed by atoms with Crippen LogP contribution in [0.5, 0.6) is 5.88 Å². The molecule has 2 aliphatic heterocycles. The second-order valence-electron chi connectivity index (χ2n) is 5.79. The van der Waals surface area contributed by atoms with Gasteiger partial charge in [0.1, 0.15) is 6.10 Å². The maximum atomic E-state index is 11.1. The third-order valence-electron chi connectivity index (χ3n) is 4.39. The predicted octanol–water partition coefficient (Wildman–Crippen LogP) is 0.927. The van der Waals surface area contributed by atoms with E-state index in [2.05, 4.69) is 10.3 Å². The number of nitro groups is 1. The molecule has 0 aliphatic carbocycles. The Labute approximate surface area is 122 Å². The van der Waals surface area contributed by atoms with Gasteiger partial charge in [0.15, 0.2) is 0 Å². The zero-order valence-electron chi connectivity index (χ0n) is 12.3. The number of ether oxygens (including phenoxy) is 2. The average molecular weight is 296 g/mol. The number of rotatable bonds is 3. The summed E-state index contributed by atoms with van der Waals surface area (Å²) in [5.74, 6) is 0.561. The van der Waals surface area contributed by atoms with Gasteiger partial charge < -0.3 is 24.9 Å². The van der Waals surface area contributed by atoms with Gasteiger partial charge in [-0.25, -0.2) is 0 Å². The normalized spacial score (nSPS) is 24.4. The molecule has 1 N–H and O–H groups in total. The maximum absolute atomic E-state index is 11.1. The second-order valence-corrected chi connectivity index (χ2v) is 5.79. The van der Waals surface area contributed by atoms with Crippen molar-refractivity contribution in [2.45, 2.75) is 37.9 Å². The summed E-state index contributed by atoms with van der Waals surface area (Å²) < 4.78 is 13.4. The van der Waals surface area contributed by atoms with Crippen LogP contribution in [0.3, 0.4) is 0 Å². The Balaban J connectivity index is 1.74. The lowest BCUT2D eigenvalue weighted by Crippen LogP contribution is -2.41. The number of hydrogen-bond acceptors (Lipinski definition) is 6. The van der Waals surface area contributed by atoms with E-state index in [0.29, 0.717) is 12.4 Å². The first kappa shape index (κ1) is 14.3. The summed E-state index contributed by atoms with van der Waals surface area (Å²) in [5.41, 5.74) is -0.127. The molecular formula is C13H20N4O4. The summed E-state index contributed by atoms with van der Waals surface area (Å²) in [4.78, 5) is 14.5. The van der Waals surface area contributed by atoms with Gasteiger partial charge in [-0.3, -0.25) is 4.57 Å². The standard InChI is InChI=1S/C13H20N4O4/c1-9-15-11(17(18)19)12(16(9)2)21-10-7-13(20-8-10)3-5-14-6-4-13/h10,14H,3-8H2,1-2H3. The van der Waals surface area contributed by atoms with Gasteiger partial charge in [-0.1, -0.05) is 0 Å². The molecule has 3 heterocycles. The van der Waals surface area contributed by atoms with Crippen molar-refractivity contribution in [3.8, 4) is 5.88 Å². The van der Waals surface area contributed by atoms with E-state index >= 15 is 0 Å². The molecule has 2 aliphatic rings. The third kappa shape index (κ3) is 2.60. The minimum atomic E-state index is -0.502. The Morgan fingerprint density at radius 1 is 1.52 bits per heavy atom. The number of piperidine rings is 1. The van der Waals surface area contributed by atoms with Crippen LogP contribution in [0.25, 0.3) is 0 Å². The maximum Gasteiger partial charge on any atom is 0.426 e. The van der Waals surface area contributed by atoms with E-state index in [4.69, 9.17) is 9.47 Å². The summed E-state index contributed by atoms with van der Waals surface area (Å²) >= 11 is 0. The SMILES string of the molecule is Cc1nc([N+](=O)[O-])c(OC2COC3(CCNCC3)C2)n1C. The van der Waals surface area contributed by atoms with E-state index in [9.17, 15) is 10.1 Å². The molecule has 0 aromatic carbocycles. The van der Waals surface area contributed by atoms with Crippen molar-refractivity contribution in [3.63, 3.8) is 0 Å². The third-order valence-corrected chi connectivity index (χ3v) is 4.39. The lowest BCUT2D eigenvalue weighted by atomic mass is 9.89. The fraction of sp³-hybridized carbons (Fsp3) is 0.769. The van der Waals surface area contributed by atoms with E-state index in [0.717, 1.165) is 32.4 Å². The smallest absolute Gasteiger partial charge is 0.426 e. The van der Waals surface area contributed by atoms with Crippen molar-refractivity contribution in [2.24, 2.45) is 7.05 Å². The Bertz CT molecular complexity index is 551. The molecule has 0 amide bonds. The van der Waals surface area contributed by atoms with Crippen LogP contribution >= 0.6 is 0 Å². The fourth-order valence-electron chi connectivity index (χ4n) is 3.09. The van der Waals surface area contributed by atoms with Gasteiger partial charge >= 0.3 is 5.82 Å². The van der Waals surface area contributed by atoms with Gasteiger partial charge in [-0.2, -0.15) is 0 Å². The topological polar surface area (TPSA) is 91.5 Å². The van der Waals surface area contributed by atoms with E-state index in [-0.39, 0.29) is 23.4 Å². The number of nitrogens with one attached hydrogen (secondary N) is 1. The average Bonchev–Trinajstić information content (AvgIpc) is 2.96. The summed E-state index contributed by atoms with van der Waals surface area (Å²) in [7, 11) is 1.72. The second kappa shape index (κ2) is 5.27. The van der Waals surface area contributed by atoms with Crippen molar-refractivity contribution in [2.75, 3.05) is 19.7 Å². The Morgan fingerprint density at radius 3 is 2.90 bits per heavy atom. The van der Waals surface area contributed by atoms with Crippen LogP contribution in [0.2, 0.25) is 0 Å². The van der Waals surface area contributed by atoms with Gasteiger partial charge in [0.25, 0.3) is 5.88 Å². The largest absolute Gasteiger partial charge is 0.467 e. The van der Waals surface area contributed by atoms with Crippen LogP contribution in [0.4, 0.5) is 5.82 Å². The minimum Gasteiger partial charge on any atom is -0.467 e. The molecular weight excluding hydrogens is 276 g/mol. The zero-order valence-corrected chi connectivity index (χ0v) is 12.3. The van der Waals surface area contributed by atoms with E-state index in [1.54, 1.807) is 18.5 Å². The highest BCUT2D eigenvalue weighted by atomic mass is 16.6. The number of aromatic nitrogens is 2. The first-order valence-electron chi connectivity index (χ1n) is 7.20. The molecule has 21 heavy (non-hydrogen) atoms. The first-order chi connectivity index (χ1) is 10.0. The summed E-state index contributed by atoms with van der Waals surface area (Å²) in [5, 5.41) is 14.4. The highest BCUT2D eigenvalue weighted by Gasteiger charge is 2.43. The summed E-state index contributed by atoms with van der Waals surface area (Å²) in [6, 6.07) is 0. The predicted molar refractivity (Wildman–Crippen MR) is 74.4 cm³/mol. The molecule has 1 aromatic rings. The van der Waals surface area contributed by atoms with Crippen LogP contribution in [0.1, 0.15) is 25.1 Å². The van der Waals surface area contributed by atoms with E-state index in [1.165, 1.54) is 0 Å². The Kier molecular flexibility index (Phi) is 3.58. The highest BCUT2D eigenvalue weighted by Crippen LogP contribution is 2.37. The molecule has 0 radical (unpaired) electrons. The molecule has 2 saturated heterocycles. The number of aryl methyl sites for hydroxylation is 1. The number of hydrogen-bond donors (Lipinski definition) is 1. The van der Waals surface area contributed by atoms with Gasteiger partial charge in [0.2, 0.25) is 5.82 Å². The quantitative estimate of drug-likeness (QED) is 0.659. The van der Waals surface area contributed by atoms with Crippen molar-refractivity contribution in [3.05, 3.63) is 15.9 Å². The van der Waals surface area contributed by atoms with Gasteiger partial charge in [-0.05, 0) is 35.8 Å². The lowest BCUT2D eigenvalue weighted by Gasteiger charge is -2.32. The van der Waals surface area contributed by atoms with Gasteiger partial charge in [0, 0.05) is 20.4 Å². The number of nitrogens with zero attached hydrogens (tertiary/aromatic N) is 3. The van der Waals surface area contributed by atoms with E-state index in [1.807, 2.05) is 0 Å². The molecule has 2 fully saturated rings. The highest BCUT2D eigenvalue weighted by molar-refractivity contribution is 5.36. The zero-order chi connectivity index (χ0) is 15.0. The fourth-order valence-corrected chi connectivity index (χ4v) is 3.09. The van der Waals surface area contributed by atoms with Crippen LogP contribution in [-0.2, 0) is 11.8 Å². The molecule has 1 atom stereocenters. The molecule has 0 bridgehead atoms. The van der Waals surface area contributed by atoms with Crippen LogP contribution in [0, 0.1) is 17.0 Å². The Hall–Kier alpha value is -1.67. The molecule has 1 unspecified atom stereocenters. The number of imidazole rings is 1. The van der Waals surface area contributed by atoms with Gasteiger partial charge in [0.05, 0.1) is 12.2 Å². The summed E-state index contributed by atoms with van der Waals surface area (Å²) in [6.07, 6.45) is 2.53. The molecule has 116 valence electrons. The van der Waals surface area contributed by atoms with Crippen LogP contribution < -0.4 is 10.1 Å². The van der Waals surface area contributed by atoms with Crippen LogP contribution in [0.15, 0.2) is 0 Å². The van der Waals surface area contributed by atoms with Crippen molar-refractivity contribution < 1.29 is 14.4 Å². The van der Waals surface area contributed by atoms with Crippen molar-refractivity contribution >= 4 is 5.82 Å². The molecule has 8 nitrogen and oxygen atoms in total. The molecule has 1 spiro atoms.